The molecule has 0 spiro atoms. The number of carboxylic acids is 2. The monoisotopic (exact) mass is 345 g/mol. The zero-order valence-corrected chi connectivity index (χ0v) is 13.5. The van der Waals surface area contributed by atoms with E-state index in [0.29, 0.717) is 6.54 Å². The second kappa shape index (κ2) is 11.1. The van der Waals surface area contributed by atoms with Crippen LogP contribution in [-0.2, 0) is 16.1 Å². The van der Waals surface area contributed by atoms with Gasteiger partial charge in [-0.15, -0.1) is 12.4 Å². The molecule has 8 heteroatoms. The summed E-state index contributed by atoms with van der Waals surface area (Å²) in [4.78, 5) is 18.0. The number of phenolic OH excluding ortho intramolecular Hbond substituents is 2. The van der Waals surface area contributed by atoms with E-state index in [9.17, 15) is 10.2 Å². The van der Waals surface area contributed by atoms with Crippen LogP contribution in [-0.4, -0.2) is 32.4 Å². The molecule has 0 aliphatic carbocycles. The van der Waals surface area contributed by atoms with E-state index in [-0.39, 0.29) is 23.9 Å². The largest absolute Gasteiger partial charge is 0.504 e. The van der Waals surface area contributed by atoms with Crippen LogP contribution in [0.1, 0.15) is 19.4 Å². The minimum Gasteiger partial charge on any atom is -0.504 e. The lowest BCUT2D eigenvalue weighted by Crippen LogP contribution is -1.95. The number of hydrogen-bond donors (Lipinski definition) is 5. The summed E-state index contributed by atoms with van der Waals surface area (Å²) in [7, 11) is 0. The predicted molar refractivity (Wildman–Crippen MR) is 89.0 cm³/mol. The number of carboxylic acid groups (broad SMARTS) is 2. The van der Waals surface area contributed by atoms with Gasteiger partial charge in [0, 0.05) is 20.4 Å². The van der Waals surface area contributed by atoms with E-state index in [2.05, 4.69) is 0 Å². The Hall–Kier alpha value is -2.51. The molecule has 7 nitrogen and oxygen atoms in total. The van der Waals surface area contributed by atoms with E-state index in [4.69, 9.17) is 25.5 Å². The molecule has 0 aliphatic rings. The first-order valence-corrected chi connectivity index (χ1v) is 6.21. The van der Waals surface area contributed by atoms with E-state index >= 15 is 0 Å². The summed E-state index contributed by atoms with van der Waals surface area (Å²) < 4.78 is 0. The molecule has 0 atom stereocenters. The van der Waals surface area contributed by atoms with E-state index in [1.54, 1.807) is 0 Å². The van der Waals surface area contributed by atoms with Crippen molar-refractivity contribution in [1.29, 1.82) is 0 Å². The number of aliphatic carboxylic acids is 2. The predicted octanol–water partition coefficient (Wildman–Crippen LogP) is 2.31. The summed E-state index contributed by atoms with van der Waals surface area (Å²) in [5.41, 5.74) is 6.50. The highest BCUT2D eigenvalue weighted by molar-refractivity contribution is 5.86. The molecule has 6 N–H and O–H groups in total. The van der Waals surface area contributed by atoms with Gasteiger partial charge in [0.25, 0.3) is 11.9 Å². The van der Waals surface area contributed by atoms with E-state index in [1.807, 2.05) is 18.2 Å². The van der Waals surface area contributed by atoms with Crippen molar-refractivity contribution in [3.8, 4) is 11.5 Å². The van der Waals surface area contributed by atoms with Gasteiger partial charge in [0.2, 0.25) is 0 Å². The zero-order valence-electron chi connectivity index (χ0n) is 12.7. The number of halogens is 1. The standard InChI is InChI=1S/C11H11NO2.2C2H4O2.ClH/c12-6-7-1-2-8-4-10(13)11(14)5-9(8)3-7;2*1-2(3)4;/h1-5,13-14H,6,12H2;2*1H3,(H,3,4);1H. The third-order valence-electron chi connectivity index (χ3n) is 2.23. The van der Waals surface area contributed by atoms with Crippen molar-refractivity contribution in [2.24, 2.45) is 5.73 Å². The summed E-state index contributed by atoms with van der Waals surface area (Å²) >= 11 is 0. The summed E-state index contributed by atoms with van der Waals surface area (Å²) in [6.45, 7) is 2.64. The van der Waals surface area contributed by atoms with Crippen molar-refractivity contribution in [3.63, 3.8) is 0 Å². The van der Waals surface area contributed by atoms with Gasteiger partial charge in [-0.1, -0.05) is 12.1 Å². The van der Waals surface area contributed by atoms with Crippen LogP contribution in [0.5, 0.6) is 11.5 Å². The number of benzene rings is 2. The fraction of sp³-hybridized carbons (Fsp3) is 0.200. The SMILES string of the molecule is CC(=O)O.CC(=O)O.Cl.NCc1ccc2cc(O)c(O)cc2c1. The van der Waals surface area contributed by atoms with E-state index in [1.165, 1.54) is 12.1 Å². The lowest BCUT2D eigenvalue weighted by atomic mass is 10.1. The van der Waals surface area contributed by atoms with Crippen LogP contribution in [0.15, 0.2) is 30.3 Å². The van der Waals surface area contributed by atoms with Crippen molar-refractivity contribution in [3.05, 3.63) is 35.9 Å². The Morgan fingerprint density at radius 1 is 0.913 bits per heavy atom. The number of carbonyl (C=O) groups is 2. The first kappa shape index (κ1) is 22.8. The summed E-state index contributed by atoms with van der Waals surface area (Å²) in [6.07, 6.45) is 0. The molecule has 0 unspecified atom stereocenters. The molecule has 0 heterocycles. The molecule has 2 aromatic carbocycles. The molecule has 0 aliphatic heterocycles. The lowest BCUT2D eigenvalue weighted by Gasteiger charge is -2.03. The molecule has 0 saturated heterocycles. The van der Waals surface area contributed by atoms with Crippen LogP contribution in [0.4, 0.5) is 0 Å². The van der Waals surface area contributed by atoms with Gasteiger partial charge in [0.1, 0.15) is 0 Å². The van der Waals surface area contributed by atoms with Crippen LogP contribution in [0, 0.1) is 0 Å². The maximum absolute atomic E-state index is 9.30. The molecule has 2 aromatic rings. The molecule has 0 fully saturated rings. The molecule has 2 rings (SSSR count). The van der Waals surface area contributed by atoms with Crippen molar-refractivity contribution in [2.45, 2.75) is 20.4 Å². The average Bonchev–Trinajstić information content (AvgIpc) is 2.38. The van der Waals surface area contributed by atoms with Crippen molar-refractivity contribution in [2.75, 3.05) is 0 Å². The lowest BCUT2D eigenvalue weighted by molar-refractivity contribution is -0.135. The Bertz CT molecular complexity index is 640. The van der Waals surface area contributed by atoms with Gasteiger partial charge in [-0.25, -0.2) is 0 Å². The van der Waals surface area contributed by atoms with Gasteiger partial charge in [-0.3, -0.25) is 9.59 Å². The number of rotatable bonds is 1. The second-order valence-corrected chi connectivity index (χ2v) is 4.26. The topological polar surface area (TPSA) is 141 Å². The molecule has 0 saturated carbocycles. The molecule has 0 radical (unpaired) electrons. The molecule has 23 heavy (non-hydrogen) atoms. The van der Waals surface area contributed by atoms with Gasteiger partial charge in [-0.05, 0) is 34.5 Å². The Morgan fingerprint density at radius 3 is 1.70 bits per heavy atom. The van der Waals surface area contributed by atoms with Crippen molar-refractivity contribution in [1.82, 2.24) is 0 Å². The van der Waals surface area contributed by atoms with Gasteiger partial charge in [0.15, 0.2) is 11.5 Å². The van der Waals surface area contributed by atoms with Crippen LogP contribution in [0.2, 0.25) is 0 Å². The Kier molecular flexibility index (Phi) is 11.0. The van der Waals surface area contributed by atoms with Gasteiger partial charge >= 0.3 is 0 Å². The molecular weight excluding hydrogens is 326 g/mol. The highest BCUT2D eigenvalue weighted by atomic mass is 35.5. The average molecular weight is 346 g/mol. The number of aromatic hydroxyl groups is 2. The maximum Gasteiger partial charge on any atom is 0.300 e. The molecule has 128 valence electrons. The highest BCUT2D eigenvalue weighted by Crippen LogP contribution is 2.30. The van der Waals surface area contributed by atoms with Crippen LogP contribution >= 0.6 is 12.4 Å². The maximum atomic E-state index is 9.30. The first-order valence-electron chi connectivity index (χ1n) is 6.21. The van der Waals surface area contributed by atoms with Crippen LogP contribution < -0.4 is 5.73 Å². The quantitative estimate of drug-likeness (QED) is 0.499. The van der Waals surface area contributed by atoms with Crippen LogP contribution in [0.3, 0.4) is 0 Å². The number of phenols is 2. The van der Waals surface area contributed by atoms with Gasteiger partial charge in [-0.2, -0.15) is 0 Å². The summed E-state index contributed by atoms with van der Waals surface area (Å²) in [6, 6.07) is 8.73. The number of nitrogens with two attached hydrogens (primary N) is 1. The van der Waals surface area contributed by atoms with Crippen LogP contribution in [0.25, 0.3) is 10.8 Å². The van der Waals surface area contributed by atoms with Crippen molar-refractivity contribution < 1.29 is 30.0 Å². The molecular formula is C15H20ClNO6. The fourth-order valence-electron chi connectivity index (χ4n) is 1.45. The zero-order chi connectivity index (χ0) is 17.3. The van der Waals surface area contributed by atoms with Crippen molar-refractivity contribution >= 4 is 35.1 Å². The minimum atomic E-state index is -0.833. The van der Waals surface area contributed by atoms with E-state index in [0.717, 1.165) is 30.2 Å². The smallest absolute Gasteiger partial charge is 0.300 e. The normalized spacial score (nSPS) is 8.65. The first-order chi connectivity index (χ1) is 10.2. The fourth-order valence-corrected chi connectivity index (χ4v) is 1.45. The van der Waals surface area contributed by atoms with Gasteiger partial charge < -0.3 is 26.2 Å². The third-order valence-corrected chi connectivity index (χ3v) is 2.23. The Balaban J connectivity index is 0. The number of fused-ring (bicyclic) bond motifs is 1. The van der Waals surface area contributed by atoms with Gasteiger partial charge in [0.05, 0.1) is 0 Å². The molecule has 0 amide bonds. The molecule has 0 aromatic heterocycles. The number of hydrogen-bond acceptors (Lipinski definition) is 5. The minimum absolute atomic E-state index is 0. The molecule has 0 bridgehead atoms. The highest BCUT2D eigenvalue weighted by Gasteiger charge is 2.02. The Labute approximate surface area is 139 Å². The van der Waals surface area contributed by atoms with E-state index < -0.39 is 11.9 Å². The second-order valence-electron chi connectivity index (χ2n) is 4.26. The third kappa shape index (κ3) is 9.94. The summed E-state index contributed by atoms with van der Waals surface area (Å²) in [5, 5.41) is 35.2. The summed E-state index contributed by atoms with van der Waals surface area (Å²) in [5.74, 6) is -1.87. The Morgan fingerprint density at radius 2 is 1.30 bits per heavy atom.